The molecule has 0 heterocycles. The van der Waals surface area contributed by atoms with E-state index in [-0.39, 0.29) is 19.2 Å². The van der Waals surface area contributed by atoms with Crippen molar-refractivity contribution in [1.29, 1.82) is 0 Å². The highest BCUT2D eigenvalue weighted by atomic mass is 16.6. The summed E-state index contributed by atoms with van der Waals surface area (Å²) in [4.78, 5) is 12.1. The second-order valence-corrected chi connectivity index (χ2v) is 11.9. The quantitative estimate of drug-likeness (QED) is 0.0461. The highest BCUT2D eigenvalue weighted by molar-refractivity contribution is 5.69. The number of hydrogen-bond acceptors (Lipinski definition) is 4. The highest BCUT2D eigenvalue weighted by Gasteiger charge is 2.13. The minimum Gasteiger partial charge on any atom is -0.457 e. The predicted molar refractivity (Wildman–Crippen MR) is 187 cm³/mol. The molecule has 1 N–H and O–H groups in total. The van der Waals surface area contributed by atoms with Crippen molar-refractivity contribution in [2.45, 2.75) is 174 Å². The molecule has 1 atom stereocenters. The van der Waals surface area contributed by atoms with Crippen molar-refractivity contribution >= 4 is 5.97 Å². The molecular formula is C39H70O4. The number of ether oxygens (including phenoxy) is 2. The van der Waals surface area contributed by atoms with Crippen LogP contribution in [0.5, 0.6) is 0 Å². The fourth-order valence-electron chi connectivity index (χ4n) is 4.92. The van der Waals surface area contributed by atoms with Crippen LogP contribution in [0.1, 0.15) is 168 Å². The summed E-state index contributed by atoms with van der Waals surface area (Å²) in [5.41, 5.74) is 0. The number of aliphatic hydroxyl groups excluding tert-OH is 1. The molecule has 0 aromatic rings. The third-order valence-corrected chi connectivity index (χ3v) is 7.64. The van der Waals surface area contributed by atoms with Gasteiger partial charge >= 0.3 is 5.97 Å². The molecule has 0 aliphatic carbocycles. The summed E-state index contributed by atoms with van der Waals surface area (Å²) in [5.74, 6) is -0.216. The summed E-state index contributed by atoms with van der Waals surface area (Å²) in [5, 5.41) is 9.55. The number of carbonyl (C=O) groups excluding carboxylic acids is 1. The van der Waals surface area contributed by atoms with Crippen molar-refractivity contribution in [3.63, 3.8) is 0 Å². The van der Waals surface area contributed by atoms with Crippen molar-refractivity contribution < 1.29 is 19.4 Å². The molecule has 0 saturated heterocycles. The van der Waals surface area contributed by atoms with Gasteiger partial charge in [-0.25, -0.2) is 0 Å². The first-order chi connectivity index (χ1) is 21.2. The molecule has 0 aliphatic heterocycles. The fraction of sp³-hybridized carbons (Fsp3) is 0.769. The van der Waals surface area contributed by atoms with Crippen LogP contribution in [0, 0.1) is 0 Å². The van der Waals surface area contributed by atoms with Crippen molar-refractivity contribution in [3.05, 3.63) is 48.6 Å². The molecular weight excluding hydrogens is 532 g/mol. The molecule has 0 rings (SSSR count). The average Bonchev–Trinajstić information content (AvgIpc) is 3.01. The molecule has 0 aromatic heterocycles. The van der Waals surface area contributed by atoms with E-state index in [9.17, 15) is 9.90 Å². The van der Waals surface area contributed by atoms with Crippen LogP contribution in [0.15, 0.2) is 48.6 Å². The SMILES string of the molecule is CC/C=C\C/C=C\C/C=C\CCCCCCCCOCC(CO)OC(=O)CCCCCCC/C=C\CCCCCCCC. The number of rotatable bonds is 33. The molecule has 0 aromatic carbocycles. The van der Waals surface area contributed by atoms with Crippen LogP contribution in [0.2, 0.25) is 0 Å². The van der Waals surface area contributed by atoms with E-state index < -0.39 is 6.10 Å². The summed E-state index contributed by atoms with van der Waals surface area (Å²) >= 11 is 0. The largest absolute Gasteiger partial charge is 0.457 e. The maximum Gasteiger partial charge on any atom is 0.306 e. The van der Waals surface area contributed by atoms with Crippen LogP contribution >= 0.6 is 0 Å². The van der Waals surface area contributed by atoms with E-state index in [1.54, 1.807) is 0 Å². The van der Waals surface area contributed by atoms with Gasteiger partial charge in [-0.2, -0.15) is 0 Å². The topological polar surface area (TPSA) is 55.8 Å². The zero-order valence-electron chi connectivity index (χ0n) is 28.5. The van der Waals surface area contributed by atoms with E-state index in [2.05, 4.69) is 62.5 Å². The standard InChI is InChI=1S/C39H70O4/c1-3-5-7-9-11-13-15-17-19-21-23-25-27-29-31-33-35-42-37-38(36-40)43-39(41)34-32-30-28-26-24-22-20-18-16-14-12-10-8-6-4-2/h5,7,11,13,17-20,38,40H,3-4,6,8-10,12,14-16,21-37H2,1-2H3/b7-5-,13-11-,19-17-,20-18-. The predicted octanol–water partition coefficient (Wildman–Crippen LogP) is 11.5. The first kappa shape index (κ1) is 41.4. The molecule has 0 saturated carbocycles. The molecule has 1 unspecified atom stereocenters. The Kier molecular flexibility index (Phi) is 35.1. The molecule has 43 heavy (non-hydrogen) atoms. The van der Waals surface area contributed by atoms with Crippen LogP contribution in [-0.4, -0.2) is 37.0 Å². The van der Waals surface area contributed by atoms with E-state index in [1.165, 1.54) is 96.3 Å². The number of esters is 1. The van der Waals surface area contributed by atoms with Gasteiger partial charge in [0.25, 0.3) is 0 Å². The molecule has 0 amide bonds. The minimum absolute atomic E-state index is 0.181. The highest BCUT2D eigenvalue weighted by Crippen LogP contribution is 2.11. The Morgan fingerprint density at radius 1 is 0.581 bits per heavy atom. The number of carbonyl (C=O) groups is 1. The first-order valence-corrected chi connectivity index (χ1v) is 18.2. The smallest absolute Gasteiger partial charge is 0.306 e. The second-order valence-electron chi connectivity index (χ2n) is 11.9. The third kappa shape index (κ3) is 34.7. The van der Waals surface area contributed by atoms with E-state index in [0.29, 0.717) is 13.0 Å². The first-order valence-electron chi connectivity index (χ1n) is 18.2. The van der Waals surface area contributed by atoms with E-state index in [1.807, 2.05) is 0 Å². The number of allylic oxidation sites excluding steroid dienone is 8. The van der Waals surface area contributed by atoms with E-state index >= 15 is 0 Å². The zero-order valence-corrected chi connectivity index (χ0v) is 28.5. The summed E-state index contributed by atoms with van der Waals surface area (Å²) in [6.45, 7) is 5.19. The molecule has 0 radical (unpaired) electrons. The summed E-state index contributed by atoms with van der Waals surface area (Å²) < 4.78 is 11.1. The number of aliphatic hydroxyl groups is 1. The molecule has 4 heteroatoms. The van der Waals surface area contributed by atoms with E-state index in [0.717, 1.165) is 51.4 Å². The molecule has 0 fully saturated rings. The Morgan fingerprint density at radius 3 is 1.60 bits per heavy atom. The Labute approximate surface area is 267 Å². The van der Waals surface area contributed by atoms with Gasteiger partial charge in [-0.05, 0) is 70.6 Å². The lowest BCUT2D eigenvalue weighted by Crippen LogP contribution is -2.27. The Hall–Kier alpha value is -1.65. The van der Waals surface area contributed by atoms with Crippen LogP contribution < -0.4 is 0 Å². The van der Waals surface area contributed by atoms with Gasteiger partial charge in [0.15, 0.2) is 0 Å². The summed E-state index contributed by atoms with van der Waals surface area (Å²) in [7, 11) is 0. The van der Waals surface area contributed by atoms with Gasteiger partial charge in [-0.1, -0.05) is 140 Å². The van der Waals surface area contributed by atoms with Crippen molar-refractivity contribution in [1.82, 2.24) is 0 Å². The monoisotopic (exact) mass is 603 g/mol. The lowest BCUT2D eigenvalue weighted by Gasteiger charge is -2.15. The molecule has 250 valence electrons. The molecule has 0 bridgehead atoms. The lowest BCUT2D eigenvalue weighted by molar-refractivity contribution is -0.154. The van der Waals surface area contributed by atoms with Crippen LogP contribution in [0.4, 0.5) is 0 Å². The third-order valence-electron chi connectivity index (χ3n) is 7.64. The normalized spacial score (nSPS) is 12.9. The van der Waals surface area contributed by atoms with Gasteiger partial charge in [0.1, 0.15) is 6.10 Å². The van der Waals surface area contributed by atoms with Gasteiger partial charge < -0.3 is 14.6 Å². The summed E-state index contributed by atoms with van der Waals surface area (Å²) in [6.07, 6.45) is 45.8. The number of unbranched alkanes of at least 4 members (excludes halogenated alkanes) is 17. The molecule has 4 nitrogen and oxygen atoms in total. The Bertz CT molecular complexity index is 679. The Balaban J connectivity index is 3.49. The molecule has 0 aliphatic rings. The average molecular weight is 603 g/mol. The van der Waals surface area contributed by atoms with Gasteiger partial charge in [-0.15, -0.1) is 0 Å². The van der Waals surface area contributed by atoms with Crippen molar-refractivity contribution in [2.75, 3.05) is 19.8 Å². The van der Waals surface area contributed by atoms with E-state index in [4.69, 9.17) is 9.47 Å². The van der Waals surface area contributed by atoms with Gasteiger partial charge in [0.05, 0.1) is 13.2 Å². The second kappa shape index (κ2) is 36.5. The lowest BCUT2D eigenvalue weighted by atomic mass is 10.1. The summed E-state index contributed by atoms with van der Waals surface area (Å²) in [6, 6.07) is 0. The van der Waals surface area contributed by atoms with Crippen molar-refractivity contribution in [2.24, 2.45) is 0 Å². The molecule has 0 spiro atoms. The van der Waals surface area contributed by atoms with Crippen molar-refractivity contribution in [3.8, 4) is 0 Å². The van der Waals surface area contributed by atoms with Gasteiger partial charge in [0, 0.05) is 13.0 Å². The van der Waals surface area contributed by atoms with Crippen LogP contribution in [0.25, 0.3) is 0 Å². The van der Waals surface area contributed by atoms with Crippen LogP contribution in [0.3, 0.4) is 0 Å². The minimum atomic E-state index is -0.544. The van der Waals surface area contributed by atoms with Crippen LogP contribution in [-0.2, 0) is 14.3 Å². The maximum atomic E-state index is 12.1. The van der Waals surface area contributed by atoms with Gasteiger partial charge in [-0.3, -0.25) is 4.79 Å². The number of hydrogen-bond donors (Lipinski definition) is 1. The fourth-order valence-corrected chi connectivity index (χ4v) is 4.92. The van der Waals surface area contributed by atoms with Gasteiger partial charge in [0.2, 0.25) is 0 Å². The zero-order chi connectivity index (χ0) is 31.3. The Morgan fingerprint density at radius 2 is 1.05 bits per heavy atom. The maximum absolute atomic E-state index is 12.1.